The first-order chi connectivity index (χ1) is 4.45. The highest BCUT2D eigenvalue weighted by Crippen LogP contribution is 2.14. The first-order valence-corrected chi connectivity index (χ1v) is 3.83. The zero-order valence-electron chi connectivity index (χ0n) is 5.99. The highest BCUT2D eigenvalue weighted by Gasteiger charge is 2.17. The second kappa shape index (κ2) is 4.04. The zero-order chi connectivity index (χ0) is 8.20. The van der Waals surface area contributed by atoms with Gasteiger partial charge >= 0.3 is 5.97 Å². The minimum atomic E-state index is -0.914. The SMILES string of the molecule is CC(C)(Cl)OC(=O)CCCl. The molecule has 4 heteroatoms. The fraction of sp³-hybridized carbons (Fsp3) is 0.833. The zero-order valence-corrected chi connectivity index (χ0v) is 7.50. The summed E-state index contributed by atoms with van der Waals surface area (Å²) in [7, 11) is 0. The second-order valence-electron chi connectivity index (χ2n) is 2.28. The average molecular weight is 185 g/mol. The Hall–Kier alpha value is 0.0500. The van der Waals surface area contributed by atoms with Crippen molar-refractivity contribution >= 4 is 29.2 Å². The molecule has 0 atom stereocenters. The topological polar surface area (TPSA) is 26.3 Å². The summed E-state index contributed by atoms with van der Waals surface area (Å²) in [6, 6.07) is 0. The lowest BCUT2D eigenvalue weighted by molar-refractivity contribution is -0.149. The molecule has 0 N–H and O–H groups in total. The van der Waals surface area contributed by atoms with Crippen LogP contribution in [0.15, 0.2) is 0 Å². The van der Waals surface area contributed by atoms with Gasteiger partial charge in [-0.05, 0) is 13.8 Å². The van der Waals surface area contributed by atoms with Crippen molar-refractivity contribution in [1.82, 2.24) is 0 Å². The van der Waals surface area contributed by atoms with Gasteiger partial charge in [-0.15, -0.1) is 11.6 Å². The van der Waals surface area contributed by atoms with Crippen molar-refractivity contribution in [2.45, 2.75) is 25.3 Å². The number of alkyl halides is 2. The van der Waals surface area contributed by atoms with Gasteiger partial charge in [-0.3, -0.25) is 4.79 Å². The van der Waals surface area contributed by atoms with E-state index in [0.717, 1.165) is 0 Å². The van der Waals surface area contributed by atoms with Gasteiger partial charge in [0.1, 0.15) is 0 Å². The molecule has 0 saturated carbocycles. The molecular formula is C6H10Cl2O2. The van der Waals surface area contributed by atoms with Crippen molar-refractivity contribution in [3.05, 3.63) is 0 Å². The maximum Gasteiger partial charge on any atom is 0.308 e. The van der Waals surface area contributed by atoms with Crippen LogP contribution in [0.1, 0.15) is 20.3 Å². The Bertz CT molecular complexity index is 117. The van der Waals surface area contributed by atoms with Crippen LogP contribution in [0.25, 0.3) is 0 Å². The Kier molecular flexibility index (Phi) is 4.06. The van der Waals surface area contributed by atoms with Gasteiger partial charge in [0.05, 0.1) is 6.42 Å². The van der Waals surface area contributed by atoms with Gasteiger partial charge in [0.15, 0.2) is 5.06 Å². The number of esters is 1. The molecule has 0 bridgehead atoms. The molecule has 0 aliphatic heterocycles. The summed E-state index contributed by atoms with van der Waals surface area (Å²) >= 11 is 10.9. The summed E-state index contributed by atoms with van der Waals surface area (Å²) in [5.74, 6) is -0.0961. The van der Waals surface area contributed by atoms with Crippen LogP contribution < -0.4 is 0 Å². The first kappa shape index (κ1) is 10.0. The van der Waals surface area contributed by atoms with Crippen molar-refractivity contribution in [2.75, 3.05) is 5.88 Å². The number of hydrogen-bond acceptors (Lipinski definition) is 2. The van der Waals surface area contributed by atoms with E-state index in [1.54, 1.807) is 13.8 Å². The molecule has 0 aromatic rings. The van der Waals surface area contributed by atoms with Crippen LogP contribution in [0, 0.1) is 0 Å². The number of ether oxygens (including phenoxy) is 1. The number of halogens is 2. The molecule has 60 valence electrons. The molecule has 2 nitrogen and oxygen atoms in total. The fourth-order valence-corrected chi connectivity index (χ4v) is 0.639. The number of rotatable bonds is 3. The second-order valence-corrected chi connectivity index (χ2v) is 3.56. The summed E-state index contributed by atoms with van der Waals surface area (Å²) in [4.78, 5) is 10.7. The Morgan fingerprint density at radius 3 is 2.40 bits per heavy atom. The van der Waals surface area contributed by atoms with Crippen molar-refractivity contribution < 1.29 is 9.53 Å². The van der Waals surface area contributed by atoms with Crippen molar-refractivity contribution in [2.24, 2.45) is 0 Å². The molecule has 0 aliphatic rings. The average Bonchev–Trinajstić information content (AvgIpc) is 1.59. The van der Waals surface area contributed by atoms with Crippen LogP contribution in [0.4, 0.5) is 0 Å². The summed E-state index contributed by atoms with van der Waals surface area (Å²) in [5.41, 5.74) is 0. The molecule has 0 spiro atoms. The largest absolute Gasteiger partial charge is 0.444 e. The van der Waals surface area contributed by atoms with E-state index >= 15 is 0 Å². The van der Waals surface area contributed by atoms with Crippen LogP contribution >= 0.6 is 23.2 Å². The Morgan fingerprint density at radius 1 is 1.60 bits per heavy atom. The molecule has 0 heterocycles. The van der Waals surface area contributed by atoms with Crippen LogP contribution in [0.2, 0.25) is 0 Å². The van der Waals surface area contributed by atoms with E-state index in [2.05, 4.69) is 0 Å². The molecule has 0 aromatic heterocycles. The highest BCUT2D eigenvalue weighted by molar-refractivity contribution is 6.23. The highest BCUT2D eigenvalue weighted by atomic mass is 35.5. The minimum Gasteiger partial charge on any atom is -0.444 e. The van der Waals surface area contributed by atoms with Crippen molar-refractivity contribution in [3.8, 4) is 0 Å². The monoisotopic (exact) mass is 184 g/mol. The van der Waals surface area contributed by atoms with Crippen LogP contribution in [-0.2, 0) is 9.53 Å². The predicted octanol–water partition coefficient (Wildman–Crippen LogP) is 2.13. The standard InChI is InChI=1S/C6H10Cl2O2/c1-6(2,8)10-5(9)3-4-7/h3-4H2,1-2H3. The molecule has 0 saturated heterocycles. The van der Waals surface area contributed by atoms with Crippen LogP contribution in [0.5, 0.6) is 0 Å². The summed E-state index contributed by atoms with van der Waals surface area (Å²) in [5, 5.41) is -0.914. The third-order valence-electron chi connectivity index (χ3n) is 0.655. The number of carbonyl (C=O) groups is 1. The van der Waals surface area contributed by atoms with E-state index in [1.165, 1.54) is 0 Å². The molecule has 0 fully saturated rings. The third kappa shape index (κ3) is 6.17. The van der Waals surface area contributed by atoms with Crippen molar-refractivity contribution in [1.29, 1.82) is 0 Å². The third-order valence-corrected chi connectivity index (χ3v) is 0.921. The molecule has 0 aliphatic carbocycles. The predicted molar refractivity (Wildman–Crippen MR) is 41.4 cm³/mol. The van der Waals surface area contributed by atoms with Gasteiger partial charge in [-0.2, -0.15) is 0 Å². The Balaban J connectivity index is 3.58. The smallest absolute Gasteiger partial charge is 0.308 e. The van der Waals surface area contributed by atoms with E-state index in [9.17, 15) is 4.79 Å². The van der Waals surface area contributed by atoms with E-state index in [1.807, 2.05) is 0 Å². The van der Waals surface area contributed by atoms with Gasteiger partial charge < -0.3 is 4.74 Å². The summed E-state index contributed by atoms with van der Waals surface area (Å²) < 4.78 is 4.72. The van der Waals surface area contributed by atoms with Gasteiger partial charge in [-0.25, -0.2) is 0 Å². The van der Waals surface area contributed by atoms with Gasteiger partial charge in [0, 0.05) is 5.88 Å². The normalized spacial score (nSPS) is 11.2. The Labute approximate surface area is 70.4 Å². The quantitative estimate of drug-likeness (QED) is 0.497. The molecule has 0 amide bonds. The molecule has 0 unspecified atom stereocenters. The fourth-order valence-electron chi connectivity index (χ4n) is 0.399. The lowest BCUT2D eigenvalue weighted by Crippen LogP contribution is -2.21. The number of hydrogen-bond donors (Lipinski definition) is 0. The maximum atomic E-state index is 10.7. The molecule has 0 aromatic carbocycles. The lowest BCUT2D eigenvalue weighted by Gasteiger charge is -2.15. The van der Waals surface area contributed by atoms with Gasteiger partial charge in [0.2, 0.25) is 0 Å². The molecular weight excluding hydrogens is 175 g/mol. The van der Waals surface area contributed by atoms with Crippen molar-refractivity contribution in [3.63, 3.8) is 0 Å². The number of carbonyl (C=O) groups excluding carboxylic acids is 1. The van der Waals surface area contributed by atoms with Gasteiger partial charge in [-0.1, -0.05) is 11.6 Å². The maximum absolute atomic E-state index is 10.7. The van der Waals surface area contributed by atoms with Gasteiger partial charge in [0.25, 0.3) is 0 Å². The minimum absolute atomic E-state index is 0.206. The Morgan fingerprint density at radius 2 is 2.10 bits per heavy atom. The van der Waals surface area contributed by atoms with Crippen LogP contribution in [0.3, 0.4) is 0 Å². The van der Waals surface area contributed by atoms with E-state index in [4.69, 9.17) is 27.9 Å². The molecule has 0 radical (unpaired) electrons. The van der Waals surface area contributed by atoms with E-state index in [-0.39, 0.29) is 18.3 Å². The first-order valence-electron chi connectivity index (χ1n) is 2.92. The summed E-state index contributed by atoms with van der Waals surface area (Å²) in [6.07, 6.45) is 0.206. The lowest BCUT2D eigenvalue weighted by atomic mass is 10.4. The molecule has 10 heavy (non-hydrogen) atoms. The van der Waals surface area contributed by atoms with Crippen LogP contribution in [-0.4, -0.2) is 16.9 Å². The van der Waals surface area contributed by atoms with E-state index < -0.39 is 5.06 Å². The molecule has 0 rings (SSSR count). The summed E-state index contributed by atoms with van der Waals surface area (Å²) in [6.45, 7) is 3.20. The van der Waals surface area contributed by atoms with E-state index in [0.29, 0.717) is 0 Å².